The second-order valence-corrected chi connectivity index (χ2v) is 4.90. The molecule has 1 saturated heterocycles. The molecule has 94 valence electrons. The molecule has 1 amide bonds. The zero-order valence-electron chi connectivity index (χ0n) is 10.7. The zero-order valence-corrected chi connectivity index (χ0v) is 10.7. The van der Waals surface area contributed by atoms with Crippen LogP contribution in [0, 0.1) is 11.8 Å². The lowest BCUT2D eigenvalue weighted by atomic mass is 9.91. The normalized spacial score (nSPS) is 19.8. The highest BCUT2D eigenvalue weighted by atomic mass is 16.2. The minimum Gasteiger partial charge on any atom is -0.342 e. The van der Waals surface area contributed by atoms with E-state index in [2.05, 4.69) is 6.92 Å². The number of rotatable bonds is 5. The predicted molar refractivity (Wildman–Crippen MR) is 67.0 cm³/mol. The van der Waals surface area contributed by atoms with Crippen molar-refractivity contribution in [3.63, 3.8) is 0 Å². The van der Waals surface area contributed by atoms with E-state index in [4.69, 9.17) is 5.73 Å². The van der Waals surface area contributed by atoms with Crippen LogP contribution in [-0.2, 0) is 4.79 Å². The van der Waals surface area contributed by atoms with E-state index in [1.54, 1.807) is 0 Å². The first kappa shape index (κ1) is 13.5. The van der Waals surface area contributed by atoms with Crippen molar-refractivity contribution in [3.05, 3.63) is 0 Å². The molecule has 1 unspecified atom stereocenters. The lowest BCUT2D eigenvalue weighted by Gasteiger charge is -2.33. The molecule has 0 spiro atoms. The molecule has 0 bridgehead atoms. The van der Waals surface area contributed by atoms with E-state index in [0.29, 0.717) is 6.54 Å². The lowest BCUT2D eigenvalue weighted by Crippen LogP contribution is -2.43. The Morgan fingerprint density at radius 1 is 1.38 bits per heavy atom. The maximum absolute atomic E-state index is 12.1. The number of nitrogens with two attached hydrogens (primary N) is 1. The minimum absolute atomic E-state index is 0.0442. The van der Waals surface area contributed by atoms with E-state index in [0.717, 1.165) is 25.4 Å². The molecule has 0 aromatic heterocycles. The van der Waals surface area contributed by atoms with E-state index in [-0.39, 0.29) is 11.8 Å². The van der Waals surface area contributed by atoms with E-state index < -0.39 is 0 Å². The maximum Gasteiger partial charge on any atom is 0.226 e. The van der Waals surface area contributed by atoms with E-state index in [1.165, 1.54) is 25.7 Å². The Hall–Kier alpha value is -0.570. The van der Waals surface area contributed by atoms with Crippen LogP contribution >= 0.6 is 0 Å². The number of hydrogen-bond donors (Lipinski definition) is 1. The summed E-state index contributed by atoms with van der Waals surface area (Å²) in [7, 11) is 0. The Labute approximate surface area is 99.4 Å². The maximum atomic E-state index is 12.1. The molecule has 1 heterocycles. The van der Waals surface area contributed by atoms with Gasteiger partial charge in [0, 0.05) is 19.6 Å². The average molecular weight is 226 g/mol. The van der Waals surface area contributed by atoms with Gasteiger partial charge in [-0.05, 0) is 25.2 Å². The van der Waals surface area contributed by atoms with Gasteiger partial charge in [-0.15, -0.1) is 0 Å². The van der Waals surface area contributed by atoms with Crippen LogP contribution in [0.2, 0.25) is 0 Å². The van der Waals surface area contributed by atoms with Crippen molar-refractivity contribution in [2.24, 2.45) is 17.6 Å². The van der Waals surface area contributed by atoms with Crippen LogP contribution in [0.5, 0.6) is 0 Å². The van der Waals surface area contributed by atoms with Gasteiger partial charge in [0.05, 0.1) is 5.92 Å². The Morgan fingerprint density at radius 3 is 2.44 bits per heavy atom. The smallest absolute Gasteiger partial charge is 0.226 e. The van der Waals surface area contributed by atoms with E-state index in [1.807, 2.05) is 11.8 Å². The SMILES string of the molecule is CCCC1CCN(C(=O)C(CC)CN)CC1. The van der Waals surface area contributed by atoms with Crippen LogP contribution in [0.3, 0.4) is 0 Å². The molecule has 0 radical (unpaired) electrons. The van der Waals surface area contributed by atoms with Gasteiger partial charge in [0.2, 0.25) is 5.91 Å². The molecular formula is C13H26N2O. The molecule has 0 aromatic carbocycles. The number of likely N-dealkylation sites (tertiary alicyclic amines) is 1. The van der Waals surface area contributed by atoms with Gasteiger partial charge in [-0.1, -0.05) is 26.7 Å². The molecule has 0 aromatic rings. The quantitative estimate of drug-likeness (QED) is 0.779. The van der Waals surface area contributed by atoms with Gasteiger partial charge in [-0.25, -0.2) is 0 Å². The van der Waals surface area contributed by atoms with Crippen molar-refractivity contribution >= 4 is 5.91 Å². The molecule has 0 aliphatic carbocycles. The van der Waals surface area contributed by atoms with Crippen molar-refractivity contribution < 1.29 is 4.79 Å². The van der Waals surface area contributed by atoms with E-state index >= 15 is 0 Å². The van der Waals surface area contributed by atoms with Gasteiger partial charge in [0.25, 0.3) is 0 Å². The summed E-state index contributed by atoms with van der Waals surface area (Å²) in [6.07, 6.45) is 5.81. The molecule has 1 atom stereocenters. The first-order valence-corrected chi connectivity index (χ1v) is 6.71. The third-order valence-electron chi connectivity index (χ3n) is 3.75. The van der Waals surface area contributed by atoms with Gasteiger partial charge < -0.3 is 10.6 Å². The van der Waals surface area contributed by atoms with Crippen LogP contribution in [0.1, 0.15) is 46.0 Å². The fourth-order valence-corrected chi connectivity index (χ4v) is 2.55. The number of carbonyl (C=O) groups excluding carboxylic acids is 1. The Morgan fingerprint density at radius 2 is 2.00 bits per heavy atom. The zero-order chi connectivity index (χ0) is 12.0. The van der Waals surface area contributed by atoms with E-state index in [9.17, 15) is 4.79 Å². The fourth-order valence-electron chi connectivity index (χ4n) is 2.55. The highest BCUT2D eigenvalue weighted by Gasteiger charge is 2.26. The molecule has 1 aliphatic rings. The van der Waals surface area contributed by atoms with Crippen molar-refractivity contribution in [3.8, 4) is 0 Å². The molecule has 1 fully saturated rings. The molecule has 0 saturated carbocycles. The molecule has 16 heavy (non-hydrogen) atoms. The summed E-state index contributed by atoms with van der Waals surface area (Å²) in [5, 5.41) is 0. The molecule has 1 aliphatic heterocycles. The largest absolute Gasteiger partial charge is 0.342 e. The summed E-state index contributed by atoms with van der Waals surface area (Å²) in [6.45, 7) is 6.66. The van der Waals surface area contributed by atoms with Crippen LogP contribution in [0.25, 0.3) is 0 Å². The molecule has 3 heteroatoms. The molecule has 3 nitrogen and oxygen atoms in total. The van der Waals surface area contributed by atoms with Crippen molar-refractivity contribution in [1.82, 2.24) is 4.90 Å². The lowest BCUT2D eigenvalue weighted by molar-refractivity contribution is -0.136. The third kappa shape index (κ3) is 3.48. The van der Waals surface area contributed by atoms with Crippen LogP contribution in [0.15, 0.2) is 0 Å². The van der Waals surface area contributed by atoms with Crippen LogP contribution in [0.4, 0.5) is 0 Å². The number of hydrogen-bond acceptors (Lipinski definition) is 2. The highest BCUT2D eigenvalue weighted by molar-refractivity contribution is 5.79. The van der Waals surface area contributed by atoms with Gasteiger partial charge in [-0.2, -0.15) is 0 Å². The number of nitrogens with zero attached hydrogens (tertiary/aromatic N) is 1. The fraction of sp³-hybridized carbons (Fsp3) is 0.923. The standard InChI is InChI=1S/C13H26N2O/c1-3-5-11-6-8-15(9-7-11)13(16)12(4-2)10-14/h11-12H,3-10,14H2,1-2H3. The number of carbonyl (C=O) groups is 1. The number of amides is 1. The van der Waals surface area contributed by atoms with Gasteiger partial charge >= 0.3 is 0 Å². The number of piperidine rings is 1. The topological polar surface area (TPSA) is 46.3 Å². The minimum atomic E-state index is 0.0442. The van der Waals surface area contributed by atoms with Crippen molar-refractivity contribution in [1.29, 1.82) is 0 Å². The van der Waals surface area contributed by atoms with Gasteiger partial charge in [0.15, 0.2) is 0 Å². The van der Waals surface area contributed by atoms with Crippen LogP contribution in [-0.4, -0.2) is 30.4 Å². The van der Waals surface area contributed by atoms with Crippen LogP contribution < -0.4 is 5.73 Å². The first-order valence-electron chi connectivity index (χ1n) is 6.71. The highest BCUT2D eigenvalue weighted by Crippen LogP contribution is 2.23. The molecule has 2 N–H and O–H groups in total. The Bertz CT molecular complexity index is 206. The summed E-state index contributed by atoms with van der Waals surface area (Å²) < 4.78 is 0. The monoisotopic (exact) mass is 226 g/mol. The Balaban J connectivity index is 2.38. The molecular weight excluding hydrogens is 200 g/mol. The van der Waals surface area contributed by atoms with Gasteiger partial charge in [-0.3, -0.25) is 4.79 Å². The summed E-state index contributed by atoms with van der Waals surface area (Å²) >= 11 is 0. The average Bonchev–Trinajstić information content (AvgIpc) is 2.32. The van der Waals surface area contributed by atoms with Crippen molar-refractivity contribution in [2.75, 3.05) is 19.6 Å². The summed E-state index contributed by atoms with van der Waals surface area (Å²) in [4.78, 5) is 14.1. The third-order valence-corrected chi connectivity index (χ3v) is 3.75. The van der Waals surface area contributed by atoms with Gasteiger partial charge in [0.1, 0.15) is 0 Å². The Kier molecular flexibility index (Phi) is 5.81. The van der Waals surface area contributed by atoms with Crippen molar-refractivity contribution in [2.45, 2.75) is 46.0 Å². The second-order valence-electron chi connectivity index (χ2n) is 4.90. The summed E-state index contributed by atoms with van der Waals surface area (Å²) in [5.41, 5.74) is 5.62. The summed E-state index contributed by atoms with van der Waals surface area (Å²) in [6, 6.07) is 0. The first-order chi connectivity index (χ1) is 7.72. The molecule has 1 rings (SSSR count). The second kappa shape index (κ2) is 6.89. The predicted octanol–water partition coefficient (Wildman–Crippen LogP) is 2.01. The summed E-state index contributed by atoms with van der Waals surface area (Å²) in [5.74, 6) is 1.16.